The van der Waals surface area contributed by atoms with Crippen LogP contribution in [-0.2, 0) is 16.1 Å². The van der Waals surface area contributed by atoms with Crippen molar-refractivity contribution in [3.05, 3.63) is 35.4 Å². The Balaban J connectivity index is 2.45. The molecule has 1 aromatic carbocycles. The number of carbonyl (C=O) groups is 2. The molecule has 0 fully saturated rings. The van der Waals surface area contributed by atoms with Crippen LogP contribution in [-0.4, -0.2) is 37.1 Å². The number of amides is 2. The summed E-state index contributed by atoms with van der Waals surface area (Å²) in [6.45, 7) is 4.29. The monoisotopic (exact) mass is 278 g/mol. The zero-order valence-electron chi connectivity index (χ0n) is 12.5. The molecule has 1 aromatic rings. The SMILES string of the molecule is COC(=O)C[C@@H](C)N(C)C(=O)NCc1ccc(C)cc1. The average Bonchev–Trinajstić information content (AvgIpc) is 2.45. The van der Waals surface area contributed by atoms with Crippen molar-refractivity contribution in [3.63, 3.8) is 0 Å². The highest BCUT2D eigenvalue weighted by Gasteiger charge is 2.18. The van der Waals surface area contributed by atoms with Crippen molar-refractivity contribution in [2.45, 2.75) is 32.9 Å². The van der Waals surface area contributed by atoms with Crippen LogP contribution in [0.4, 0.5) is 4.79 Å². The minimum Gasteiger partial charge on any atom is -0.469 e. The van der Waals surface area contributed by atoms with E-state index in [4.69, 9.17) is 0 Å². The second-order valence-electron chi connectivity index (χ2n) is 4.88. The van der Waals surface area contributed by atoms with Crippen LogP contribution in [0.3, 0.4) is 0 Å². The molecule has 0 bridgehead atoms. The zero-order chi connectivity index (χ0) is 15.1. The lowest BCUT2D eigenvalue weighted by molar-refractivity contribution is -0.141. The predicted octanol–water partition coefficient (Wildman–Crippen LogP) is 2.09. The van der Waals surface area contributed by atoms with Crippen molar-refractivity contribution in [2.75, 3.05) is 14.2 Å². The number of esters is 1. The first-order chi connectivity index (χ1) is 9.43. The fourth-order valence-corrected chi connectivity index (χ4v) is 1.67. The molecule has 0 aromatic heterocycles. The van der Waals surface area contributed by atoms with Crippen LogP contribution in [0, 0.1) is 6.92 Å². The third kappa shape index (κ3) is 4.91. The normalized spacial score (nSPS) is 11.6. The van der Waals surface area contributed by atoms with Crippen molar-refractivity contribution >= 4 is 12.0 Å². The number of nitrogens with one attached hydrogen (secondary N) is 1. The first kappa shape index (κ1) is 16.0. The van der Waals surface area contributed by atoms with Gasteiger partial charge in [-0.15, -0.1) is 0 Å². The summed E-state index contributed by atoms with van der Waals surface area (Å²) >= 11 is 0. The van der Waals surface area contributed by atoms with E-state index < -0.39 is 0 Å². The van der Waals surface area contributed by atoms with Gasteiger partial charge in [0, 0.05) is 19.6 Å². The lowest BCUT2D eigenvalue weighted by Gasteiger charge is -2.24. The molecule has 1 N–H and O–H groups in total. The minimum absolute atomic E-state index is 0.185. The second-order valence-corrected chi connectivity index (χ2v) is 4.88. The van der Waals surface area contributed by atoms with Gasteiger partial charge in [0.1, 0.15) is 0 Å². The molecule has 0 unspecified atom stereocenters. The molecule has 0 aliphatic heterocycles. The van der Waals surface area contributed by atoms with Crippen molar-refractivity contribution in [1.29, 1.82) is 0 Å². The van der Waals surface area contributed by atoms with Crippen LogP contribution >= 0.6 is 0 Å². The van der Waals surface area contributed by atoms with Gasteiger partial charge in [0.15, 0.2) is 0 Å². The summed E-state index contributed by atoms with van der Waals surface area (Å²) in [6.07, 6.45) is 0.185. The number of hydrogen-bond acceptors (Lipinski definition) is 3. The van der Waals surface area contributed by atoms with Crippen LogP contribution < -0.4 is 5.32 Å². The highest BCUT2D eigenvalue weighted by Crippen LogP contribution is 2.05. The number of rotatable bonds is 5. The quantitative estimate of drug-likeness (QED) is 0.839. The fourth-order valence-electron chi connectivity index (χ4n) is 1.67. The molecule has 0 saturated carbocycles. The molecule has 1 rings (SSSR count). The lowest BCUT2D eigenvalue weighted by atomic mass is 10.1. The standard InChI is InChI=1S/C15H22N2O3/c1-11-5-7-13(8-6-11)10-16-15(19)17(3)12(2)9-14(18)20-4/h5-8,12H,9-10H2,1-4H3,(H,16,19)/t12-/m1/s1. The molecule has 2 amide bonds. The Morgan fingerprint density at radius 3 is 2.45 bits per heavy atom. The van der Waals surface area contributed by atoms with E-state index in [0.717, 1.165) is 5.56 Å². The van der Waals surface area contributed by atoms with Gasteiger partial charge in [-0.25, -0.2) is 4.79 Å². The molecule has 0 spiro atoms. The maximum absolute atomic E-state index is 12.0. The second kappa shape index (κ2) is 7.53. The minimum atomic E-state index is -0.323. The number of ether oxygens (including phenoxy) is 1. The van der Waals surface area contributed by atoms with Crippen LogP contribution in [0.25, 0.3) is 0 Å². The fraction of sp³-hybridized carbons (Fsp3) is 0.467. The molecule has 5 heteroatoms. The van der Waals surface area contributed by atoms with Gasteiger partial charge >= 0.3 is 12.0 Å². The highest BCUT2D eigenvalue weighted by molar-refractivity contribution is 5.76. The number of hydrogen-bond donors (Lipinski definition) is 1. The zero-order valence-corrected chi connectivity index (χ0v) is 12.5. The highest BCUT2D eigenvalue weighted by atomic mass is 16.5. The largest absolute Gasteiger partial charge is 0.469 e. The molecule has 1 atom stereocenters. The molecule has 20 heavy (non-hydrogen) atoms. The molecule has 0 heterocycles. The van der Waals surface area contributed by atoms with E-state index in [9.17, 15) is 9.59 Å². The molecule has 0 aliphatic rings. The third-order valence-corrected chi connectivity index (χ3v) is 3.24. The Hall–Kier alpha value is -2.04. The van der Waals surface area contributed by atoms with E-state index in [2.05, 4.69) is 10.1 Å². The van der Waals surface area contributed by atoms with Gasteiger partial charge in [-0.05, 0) is 19.4 Å². The molecule has 0 aliphatic carbocycles. The van der Waals surface area contributed by atoms with Crippen molar-refractivity contribution in [2.24, 2.45) is 0 Å². The molecule has 0 radical (unpaired) electrons. The van der Waals surface area contributed by atoms with Gasteiger partial charge < -0.3 is 15.0 Å². The number of methoxy groups -OCH3 is 1. The molecular weight excluding hydrogens is 256 g/mol. The Morgan fingerprint density at radius 1 is 1.30 bits per heavy atom. The van der Waals surface area contributed by atoms with Gasteiger partial charge in [-0.1, -0.05) is 29.8 Å². The maximum Gasteiger partial charge on any atom is 0.317 e. The van der Waals surface area contributed by atoms with Crippen LogP contribution in [0.15, 0.2) is 24.3 Å². The predicted molar refractivity (Wildman–Crippen MR) is 77.3 cm³/mol. The number of benzene rings is 1. The summed E-state index contributed by atoms with van der Waals surface area (Å²) in [4.78, 5) is 24.6. The van der Waals surface area contributed by atoms with E-state index >= 15 is 0 Å². The number of aryl methyl sites for hydroxylation is 1. The van der Waals surface area contributed by atoms with E-state index in [1.165, 1.54) is 17.6 Å². The van der Waals surface area contributed by atoms with Gasteiger partial charge in [0.25, 0.3) is 0 Å². The molecule has 5 nitrogen and oxygen atoms in total. The van der Waals surface area contributed by atoms with E-state index in [-0.39, 0.29) is 24.5 Å². The van der Waals surface area contributed by atoms with Gasteiger partial charge in [-0.3, -0.25) is 4.79 Å². The number of nitrogens with zero attached hydrogens (tertiary/aromatic N) is 1. The summed E-state index contributed by atoms with van der Waals surface area (Å²) < 4.78 is 4.59. The Bertz CT molecular complexity index is 457. The summed E-state index contributed by atoms with van der Waals surface area (Å²) in [5.41, 5.74) is 2.22. The van der Waals surface area contributed by atoms with Crippen molar-refractivity contribution in [3.8, 4) is 0 Å². The first-order valence-corrected chi connectivity index (χ1v) is 6.57. The topological polar surface area (TPSA) is 58.6 Å². The Kier molecular flexibility index (Phi) is 6.03. The van der Waals surface area contributed by atoms with Crippen LogP contribution in [0.2, 0.25) is 0 Å². The summed E-state index contributed by atoms with van der Waals surface area (Å²) in [5.74, 6) is -0.323. The Labute approximate surface area is 119 Å². The lowest BCUT2D eigenvalue weighted by Crippen LogP contribution is -2.43. The maximum atomic E-state index is 12.0. The molecule has 0 saturated heterocycles. The van der Waals surface area contributed by atoms with Crippen molar-refractivity contribution < 1.29 is 14.3 Å². The molecule has 110 valence electrons. The van der Waals surface area contributed by atoms with Gasteiger partial charge in [0.2, 0.25) is 0 Å². The van der Waals surface area contributed by atoms with Gasteiger partial charge in [0.05, 0.1) is 13.5 Å². The summed E-state index contributed by atoms with van der Waals surface area (Å²) in [7, 11) is 3.00. The number of urea groups is 1. The van der Waals surface area contributed by atoms with E-state index in [1.807, 2.05) is 38.1 Å². The van der Waals surface area contributed by atoms with Crippen LogP contribution in [0.5, 0.6) is 0 Å². The van der Waals surface area contributed by atoms with E-state index in [1.54, 1.807) is 7.05 Å². The summed E-state index contributed by atoms with van der Waals surface area (Å²) in [5, 5.41) is 2.83. The molecular formula is C15H22N2O3. The average molecular weight is 278 g/mol. The van der Waals surface area contributed by atoms with Crippen LogP contribution in [0.1, 0.15) is 24.5 Å². The summed E-state index contributed by atoms with van der Waals surface area (Å²) in [6, 6.07) is 7.55. The smallest absolute Gasteiger partial charge is 0.317 e. The third-order valence-electron chi connectivity index (χ3n) is 3.24. The number of carbonyl (C=O) groups excluding carboxylic acids is 2. The Morgan fingerprint density at radius 2 is 1.90 bits per heavy atom. The first-order valence-electron chi connectivity index (χ1n) is 6.57. The van der Waals surface area contributed by atoms with Gasteiger partial charge in [-0.2, -0.15) is 0 Å². The van der Waals surface area contributed by atoms with E-state index in [0.29, 0.717) is 6.54 Å². The van der Waals surface area contributed by atoms with Crippen molar-refractivity contribution in [1.82, 2.24) is 10.2 Å².